The summed E-state index contributed by atoms with van der Waals surface area (Å²) in [5.74, 6) is 0.963. The highest BCUT2D eigenvalue weighted by atomic mass is 16.3. The molecule has 0 aromatic heterocycles. The number of carbonyl (C=O) groups is 1. The molecule has 6 rings (SSSR count). The Morgan fingerprint density at radius 2 is 1.75 bits per heavy atom. The van der Waals surface area contributed by atoms with Crippen LogP contribution in [0.25, 0.3) is 17.2 Å². The number of hydrogen-bond acceptors (Lipinski definition) is 4. The summed E-state index contributed by atoms with van der Waals surface area (Å²) in [5.41, 5.74) is 10.0. The number of aromatic hydroxyl groups is 1. The third-order valence-electron chi connectivity index (χ3n) is 6.99. The average molecular weight is 477 g/mol. The molecular formula is C32H32N2O2. The van der Waals surface area contributed by atoms with Crippen LogP contribution in [0, 0.1) is 5.92 Å². The van der Waals surface area contributed by atoms with Crippen molar-refractivity contribution in [3.8, 4) is 16.9 Å². The van der Waals surface area contributed by atoms with E-state index in [1.807, 2.05) is 12.1 Å². The van der Waals surface area contributed by atoms with E-state index in [4.69, 9.17) is 0 Å². The standard InChI is InChI=1S/C26H25NO.C6H7NO/c28-22-11-6-18(7-12-22)16-27-17-19-5-8-21-10-13-24-23-4-2-1-3-20(23)9-14-25(24)26(21)15-19;8-6-3-1-2-4-7-5-6/h1-8,10-13,19,27-28H,9,14-17H2;1-4,7H,5H2. The topological polar surface area (TPSA) is 61.4 Å². The summed E-state index contributed by atoms with van der Waals surface area (Å²) in [6.07, 6.45) is 14.9. The molecule has 3 aliphatic rings. The molecule has 0 bridgehead atoms. The molecule has 1 heterocycles. The summed E-state index contributed by atoms with van der Waals surface area (Å²) >= 11 is 0. The zero-order chi connectivity index (χ0) is 24.7. The van der Waals surface area contributed by atoms with Gasteiger partial charge < -0.3 is 15.7 Å². The number of hydrogen-bond donors (Lipinski definition) is 3. The summed E-state index contributed by atoms with van der Waals surface area (Å²) in [6.45, 7) is 2.22. The zero-order valence-corrected chi connectivity index (χ0v) is 20.4. The predicted molar refractivity (Wildman–Crippen MR) is 147 cm³/mol. The van der Waals surface area contributed by atoms with Gasteiger partial charge >= 0.3 is 0 Å². The Bertz CT molecular complexity index is 1320. The van der Waals surface area contributed by atoms with Crippen molar-refractivity contribution < 1.29 is 9.90 Å². The molecule has 3 N–H and O–H groups in total. The number of allylic oxidation sites excluding steroid dienone is 2. The summed E-state index contributed by atoms with van der Waals surface area (Å²) in [4.78, 5) is 10.5. The van der Waals surface area contributed by atoms with Gasteiger partial charge in [-0.15, -0.1) is 0 Å². The third kappa shape index (κ3) is 5.67. The van der Waals surface area contributed by atoms with Gasteiger partial charge in [-0.2, -0.15) is 0 Å². The normalized spacial score (nSPS) is 17.1. The summed E-state index contributed by atoms with van der Waals surface area (Å²) in [7, 11) is 0. The molecule has 0 saturated heterocycles. The van der Waals surface area contributed by atoms with E-state index in [1.165, 1.54) is 27.8 Å². The Hall–Kier alpha value is -3.89. The third-order valence-corrected chi connectivity index (χ3v) is 6.99. The van der Waals surface area contributed by atoms with Crippen LogP contribution in [0.1, 0.15) is 27.8 Å². The van der Waals surface area contributed by atoms with E-state index >= 15 is 0 Å². The first-order valence-electron chi connectivity index (χ1n) is 12.7. The van der Waals surface area contributed by atoms with Crippen LogP contribution in [0.15, 0.2) is 91.2 Å². The van der Waals surface area contributed by atoms with Crippen molar-refractivity contribution in [3.05, 3.63) is 119 Å². The van der Waals surface area contributed by atoms with Gasteiger partial charge in [0.2, 0.25) is 0 Å². The number of nitrogens with one attached hydrogen (secondary N) is 2. The molecule has 0 radical (unpaired) electrons. The molecular weight excluding hydrogens is 444 g/mol. The smallest absolute Gasteiger partial charge is 0.174 e. The minimum atomic E-state index is 0.120. The van der Waals surface area contributed by atoms with Gasteiger partial charge in [0.1, 0.15) is 5.75 Å². The van der Waals surface area contributed by atoms with Crippen LogP contribution in [0.3, 0.4) is 0 Å². The zero-order valence-electron chi connectivity index (χ0n) is 20.4. The number of phenols is 1. The van der Waals surface area contributed by atoms with Gasteiger partial charge in [-0.3, -0.25) is 4.79 Å². The fourth-order valence-corrected chi connectivity index (χ4v) is 5.14. The Kier molecular flexibility index (Phi) is 7.44. The fraction of sp³-hybridized carbons (Fsp3) is 0.219. The maximum atomic E-state index is 10.5. The lowest BCUT2D eigenvalue weighted by molar-refractivity contribution is -0.113. The average Bonchev–Trinajstić information content (AvgIpc) is 3.17. The second-order valence-electron chi connectivity index (χ2n) is 9.50. The van der Waals surface area contributed by atoms with E-state index in [2.05, 4.69) is 59.2 Å². The molecule has 4 heteroatoms. The lowest BCUT2D eigenvalue weighted by Gasteiger charge is -2.28. The van der Waals surface area contributed by atoms with Crippen molar-refractivity contribution >= 4 is 11.9 Å². The molecule has 2 aliphatic carbocycles. The maximum absolute atomic E-state index is 10.5. The number of phenolic OH excluding ortho intramolecular Hbond substituents is 1. The van der Waals surface area contributed by atoms with E-state index in [9.17, 15) is 9.90 Å². The first kappa shape index (κ1) is 23.8. The molecule has 182 valence electrons. The number of benzene rings is 3. The van der Waals surface area contributed by atoms with Gasteiger partial charge in [0.05, 0.1) is 6.54 Å². The van der Waals surface area contributed by atoms with Crippen LogP contribution in [0.4, 0.5) is 0 Å². The molecule has 36 heavy (non-hydrogen) atoms. The van der Waals surface area contributed by atoms with E-state index in [-0.39, 0.29) is 5.78 Å². The second-order valence-corrected chi connectivity index (χ2v) is 9.50. The predicted octanol–water partition coefficient (Wildman–Crippen LogP) is 5.36. The minimum absolute atomic E-state index is 0.120. The summed E-state index contributed by atoms with van der Waals surface area (Å²) < 4.78 is 0. The summed E-state index contributed by atoms with van der Waals surface area (Å²) in [6, 6.07) is 20.9. The first-order valence-corrected chi connectivity index (χ1v) is 12.7. The van der Waals surface area contributed by atoms with Crippen LogP contribution in [-0.2, 0) is 30.6 Å². The van der Waals surface area contributed by atoms with Crippen molar-refractivity contribution in [3.63, 3.8) is 0 Å². The lowest BCUT2D eigenvalue weighted by Crippen LogP contribution is -2.25. The molecule has 4 nitrogen and oxygen atoms in total. The minimum Gasteiger partial charge on any atom is -0.508 e. The molecule has 0 fully saturated rings. The van der Waals surface area contributed by atoms with Gasteiger partial charge in [-0.05, 0) is 94.6 Å². The van der Waals surface area contributed by atoms with E-state index < -0.39 is 0 Å². The molecule has 1 atom stereocenters. The highest BCUT2D eigenvalue weighted by Gasteiger charge is 2.23. The maximum Gasteiger partial charge on any atom is 0.174 e. The van der Waals surface area contributed by atoms with E-state index in [1.54, 1.807) is 47.7 Å². The highest BCUT2D eigenvalue weighted by molar-refractivity contribution is 5.92. The van der Waals surface area contributed by atoms with Gasteiger partial charge in [0, 0.05) is 13.1 Å². The van der Waals surface area contributed by atoms with Crippen molar-refractivity contribution in [2.75, 3.05) is 13.1 Å². The van der Waals surface area contributed by atoms with E-state index in [0.717, 1.165) is 32.4 Å². The quantitative estimate of drug-likeness (QED) is 0.474. The molecule has 3 aromatic rings. The van der Waals surface area contributed by atoms with Crippen LogP contribution in [0.5, 0.6) is 5.75 Å². The van der Waals surface area contributed by atoms with Crippen LogP contribution >= 0.6 is 0 Å². The fourth-order valence-electron chi connectivity index (χ4n) is 5.14. The number of fused-ring (bicyclic) bond motifs is 5. The highest BCUT2D eigenvalue weighted by Crippen LogP contribution is 2.38. The molecule has 3 aromatic carbocycles. The van der Waals surface area contributed by atoms with Crippen molar-refractivity contribution in [1.29, 1.82) is 0 Å². The molecule has 0 saturated carbocycles. The number of ketones is 1. The molecule has 0 amide bonds. The van der Waals surface area contributed by atoms with Crippen molar-refractivity contribution in [2.24, 2.45) is 5.92 Å². The largest absolute Gasteiger partial charge is 0.508 e. The second kappa shape index (κ2) is 11.2. The molecule has 1 unspecified atom stereocenters. The Morgan fingerprint density at radius 1 is 0.889 bits per heavy atom. The van der Waals surface area contributed by atoms with Crippen LogP contribution < -0.4 is 10.6 Å². The Balaban J connectivity index is 0.000000286. The monoisotopic (exact) mass is 476 g/mol. The first-order chi connectivity index (χ1) is 17.7. The van der Waals surface area contributed by atoms with Crippen LogP contribution in [0.2, 0.25) is 0 Å². The number of aryl methyl sites for hydroxylation is 1. The van der Waals surface area contributed by atoms with Gasteiger partial charge in [-0.1, -0.05) is 66.8 Å². The molecule has 1 aliphatic heterocycles. The SMILES string of the molecule is O=C1C=CC=CNC1.Oc1ccc(CNCC2C=Cc3ccc4c(c3C2)CCc2ccccc2-4)cc1. The van der Waals surface area contributed by atoms with Gasteiger partial charge in [0.25, 0.3) is 0 Å². The lowest BCUT2D eigenvalue weighted by atomic mass is 9.78. The van der Waals surface area contributed by atoms with Gasteiger partial charge in [0.15, 0.2) is 5.78 Å². The van der Waals surface area contributed by atoms with Crippen molar-refractivity contribution in [2.45, 2.75) is 25.8 Å². The Morgan fingerprint density at radius 3 is 2.64 bits per heavy atom. The van der Waals surface area contributed by atoms with Gasteiger partial charge in [-0.25, -0.2) is 0 Å². The molecule has 0 spiro atoms. The van der Waals surface area contributed by atoms with Crippen LogP contribution in [-0.4, -0.2) is 24.0 Å². The number of carbonyl (C=O) groups excluding carboxylic acids is 1. The van der Waals surface area contributed by atoms with Crippen molar-refractivity contribution in [1.82, 2.24) is 10.6 Å². The number of rotatable bonds is 4. The Labute approximate surface area is 213 Å². The van der Waals surface area contributed by atoms with E-state index in [0.29, 0.717) is 18.2 Å². The summed E-state index contributed by atoms with van der Waals surface area (Å²) in [5, 5.41) is 15.8.